The molecule has 2 N–H and O–H groups in total. The summed E-state index contributed by atoms with van der Waals surface area (Å²) in [5, 5.41) is 18.1. The van der Waals surface area contributed by atoms with Gasteiger partial charge in [-0.25, -0.2) is 9.59 Å². The van der Waals surface area contributed by atoms with Gasteiger partial charge in [0.25, 0.3) is 0 Å². The molecule has 90 valence electrons. The Morgan fingerprint density at radius 3 is 2.53 bits per heavy atom. The summed E-state index contributed by atoms with van der Waals surface area (Å²) in [6, 6.07) is 3.66. The molecule has 0 atom stereocenters. The predicted octanol–water partition coefficient (Wildman–Crippen LogP) is 1.80. The van der Waals surface area contributed by atoms with Crippen LogP contribution in [-0.2, 0) is 4.74 Å². The molecule has 0 amide bonds. The Kier molecular flexibility index (Phi) is 2.99. The molecular formula is C12H12O5. The first-order valence-corrected chi connectivity index (χ1v) is 5.35. The molecule has 5 nitrogen and oxygen atoms in total. The SMILES string of the molecule is O=C(OC1CCC1)c1ccc(O)c(C(=O)O)c1. The molecule has 1 fully saturated rings. The summed E-state index contributed by atoms with van der Waals surface area (Å²) in [6.45, 7) is 0. The van der Waals surface area contributed by atoms with Gasteiger partial charge in [-0.15, -0.1) is 0 Å². The molecule has 0 saturated heterocycles. The Balaban J connectivity index is 2.17. The highest BCUT2D eigenvalue weighted by atomic mass is 16.5. The minimum absolute atomic E-state index is 0.0513. The lowest BCUT2D eigenvalue weighted by molar-refractivity contribution is 0.00901. The third kappa shape index (κ3) is 2.38. The quantitative estimate of drug-likeness (QED) is 0.782. The highest BCUT2D eigenvalue weighted by Gasteiger charge is 2.23. The maximum absolute atomic E-state index is 11.6. The second-order valence-corrected chi connectivity index (χ2v) is 4.00. The number of ether oxygens (including phenoxy) is 1. The molecule has 0 unspecified atom stereocenters. The number of rotatable bonds is 3. The fourth-order valence-electron chi connectivity index (χ4n) is 1.54. The van der Waals surface area contributed by atoms with Crippen LogP contribution in [-0.4, -0.2) is 28.3 Å². The minimum Gasteiger partial charge on any atom is -0.507 e. The largest absolute Gasteiger partial charge is 0.507 e. The Morgan fingerprint density at radius 1 is 1.29 bits per heavy atom. The van der Waals surface area contributed by atoms with E-state index in [0.717, 1.165) is 25.3 Å². The molecular weight excluding hydrogens is 224 g/mol. The summed E-state index contributed by atoms with van der Waals surface area (Å²) in [6.07, 6.45) is 2.71. The van der Waals surface area contributed by atoms with Gasteiger partial charge in [-0.2, -0.15) is 0 Å². The van der Waals surface area contributed by atoms with Crippen molar-refractivity contribution in [1.82, 2.24) is 0 Å². The molecule has 0 bridgehead atoms. The van der Waals surface area contributed by atoms with Crippen molar-refractivity contribution in [3.05, 3.63) is 29.3 Å². The maximum Gasteiger partial charge on any atom is 0.339 e. The first-order chi connectivity index (χ1) is 8.08. The molecule has 0 aliphatic heterocycles. The normalized spacial score (nSPS) is 15.1. The van der Waals surface area contributed by atoms with Gasteiger partial charge in [-0.1, -0.05) is 0 Å². The van der Waals surface area contributed by atoms with Gasteiger partial charge in [0.2, 0.25) is 0 Å². The van der Waals surface area contributed by atoms with Crippen molar-refractivity contribution < 1.29 is 24.5 Å². The first-order valence-electron chi connectivity index (χ1n) is 5.35. The Hall–Kier alpha value is -2.04. The summed E-state index contributed by atoms with van der Waals surface area (Å²) in [5.41, 5.74) is -0.153. The molecule has 0 aromatic heterocycles. The van der Waals surface area contributed by atoms with E-state index < -0.39 is 11.9 Å². The average Bonchev–Trinajstić information content (AvgIpc) is 2.23. The summed E-state index contributed by atoms with van der Waals surface area (Å²) in [7, 11) is 0. The van der Waals surface area contributed by atoms with Crippen molar-refractivity contribution in [2.24, 2.45) is 0 Å². The summed E-state index contributed by atoms with van der Waals surface area (Å²) < 4.78 is 5.13. The number of benzene rings is 1. The van der Waals surface area contributed by atoms with Crippen LogP contribution in [0, 0.1) is 0 Å². The number of phenols is 1. The van der Waals surface area contributed by atoms with E-state index in [1.807, 2.05) is 0 Å². The fourth-order valence-corrected chi connectivity index (χ4v) is 1.54. The van der Waals surface area contributed by atoms with Crippen LogP contribution in [0.25, 0.3) is 0 Å². The van der Waals surface area contributed by atoms with Crippen LogP contribution in [0.4, 0.5) is 0 Å². The molecule has 0 heterocycles. The zero-order chi connectivity index (χ0) is 12.4. The second-order valence-electron chi connectivity index (χ2n) is 4.00. The van der Waals surface area contributed by atoms with Crippen LogP contribution in [0.15, 0.2) is 18.2 Å². The van der Waals surface area contributed by atoms with Gasteiger partial charge in [0, 0.05) is 0 Å². The molecule has 1 aliphatic rings. The molecule has 1 aliphatic carbocycles. The highest BCUT2D eigenvalue weighted by molar-refractivity contribution is 5.96. The van der Waals surface area contributed by atoms with Crippen LogP contribution in [0.1, 0.15) is 40.0 Å². The zero-order valence-corrected chi connectivity index (χ0v) is 9.05. The van der Waals surface area contributed by atoms with Gasteiger partial charge in [0.15, 0.2) is 0 Å². The number of hydrogen-bond acceptors (Lipinski definition) is 4. The van der Waals surface area contributed by atoms with Crippen LogP contribution >= 0.6 is 0 Å². The summed E-state index contributed by atoms with van der Waals surface area (Å²) >= 11 is 0. The fraction of sp³-hybridized carbons (Fsp3) is 0.333. The molecule has 1 saturated carbocycles. The third-order valence-corrected chi connectivity index (χ3v) is 2.79. The molecule has 1 aromatic rings. The van der Waals surface area contributed by atoms with Crippen LogP contribution < -0.4 is 0 Å². The Morgan fingerprint density at radius 2 is 2.00 bits per heavy atom. The van der Waals surface area contributed by atoms with Crippen LogP contribution in [0.2, 0.25) is 0 Å². The molecule has 0 spiro atoms. The van der Waals surface area contributed by atoms with Gasteiger partial charge in [0.1, 0.15) is 17.4 Å². The molecule has 17 heavy (non-hydrogen) atoms. The van der Waals surface area contributed by atoms with Crippen LogP contribution in [0.5, 0.6) is 5.75 Å². The lowest BCUT2D eigenvalue weighted by Crippen LogP contribution is -2.25. The van der Waals surface area contributed by atoms with Gasteiger partial charge < -0.3 is 14.9 Å². The lowest BCUT2D eigenvalue weighted by atomic mass is 9.96. The van der Waals surface area contributed by atoms with Crippen molar-refractivity contribution in [2.45, 2.75) is 25.4 Å². The van der Waals surface area contributed by atoms with E-state index in [4.69, 9.17) is 9.84 Å². The number of esters is 1. The monoisotopic (exact) mass is 236 g/mol. The van der Waals surface area contributed by atoms with E-state index >= 15 is 0 Å². The van der Waals surface area contributed by atoms with E-state index in [0.29, 0.717) is 0 Å². The molecule has 0 radical (unpaired) electrons. The van der Waals surface area contributed by atoms with Gasteiger partial charge >= 0.3 is 11.9 Å². The number of aromatic hydroxyl groups is 1. The average molecular weight is 236 g/mol. The van der Waals surface area contributed by atoms with E-state index in [9.17, 15) is 14.7 Å². The van der Waals surface area contributed by atoms with E-state index in [2.05, 4.69) is 0 Å². The predicted molar refractivity (Wildman–Crippen MR) is 58.1 cm³/mol. The highest BCUT2D eigenvalue weighted by Crippen LogP contribution is 2.24. The Labute approximate surface area is 97.6 Å². The standard InChI is InChI=1S/C12H12O5/c13-10-5-4-7(6-9(10)11(14)15)12(16)17-8-2-1-3-8/h4-6,8,13H,1-3H2,(H,14,15). The molecule has 2 rings (SSSR count). The molecule has 1 aromatic carbocycles. The third-order valence-electron chi connectivity index (χ3n) is 2.79. The lowest BCUT2D eigenvalue weighted by Gasteiger charge is -2.25. The zero-order valence-electron chi connectivity index (χ0n) is 9.05. The summed E-state index contributed by atoms with van der Waals surface area (Å²) in [5.74, 6) is -2.18. The van der Waals surface area contributed by atoms with E-state index in [1.165, 1.54) is 12.1 Å². The number of carboxylic acids is 1. The van der Waals surface area contributed by atoms with Gasteiger partial charge in [-0.05, 0) is 37.5 Å². The van der Waals surface area contributed by atoms with Gasteiger partial charge in [-0.3, -0.25) is 0 Å². The number of carbonyl (C=O) groups is 2. The first kappa shape index (κ1) is 11.4. The number of carbonyl (C=O) groups excluding carboxylic acids is 1. The summed E-state index contributed by atoms with van der Waals surface area (Å²) in [4.78, 5) is 22.4. The molecule has 5 heteroatoms. The topological polar surface area (TPSA) is 83.8 Å². The van der Waals surface area contributed by atoms with Crippen molar-refractivity contribution >= 4 is 11.9 Å². The Bertz CT molecular complexity index is 462. The van der Waals surface area contributed by atoms with Crippen LogP contribution in [0.3, 0.4) is 0 Å². The number of carboxylic acid groups (broad SMARTS) is 1. The van der Waals surface area contributed by atoms with Crippen molar-refractivity contribution in [3.63, 3.8) is 0 Å². The maximum atomic E-state index is 11.6. The number of aromatic carboxylic acids is 1. The second kappa shape index (κ2) is 4.45. The van der Waals surface area contributed by atoms with Crippen molar-refractivity contribution in [3.8, 4) is 5.75 Å². The smallest absolute Gasteiger partial charge is 0.339 e. The van der Waals surface area contributed by atoms with Crippen molar-refractivity contribution in [1.29, 1.82) is 0 Å². The van der Waals surface area contributed by atoms with E-state index in [-0.39, 0.29) is 23.0 Å². The number of hydrogen-bond donors (Lipinski definition) is 2. The van der Waals surface area contributed by atoms with Gasteiger partial charge in [0.05, 0.1) is 5.56 Å². The minimum atomic E-state index is -1.28. The van der Waals surface area contributed by atoms with Crippen molar-refractivity contribution in [2.75, 3.05) is 0 Å². The van der Waals surface area contributed by atoms with E-state index in [1.54, 1.807) is 0 Å².